The Labute approximate surface area is 92.0 Å². The summed E-state index contributed by atoms with van der Waals surface area (Å²) < 4.78 is 5.72. The van der Waals surface area contributed by atoms with Crippen LogP contribution < -0.4 is 0 Å². The summed E-state index contributed by atoms with van der Waals surface area (Å²) in [5.74, 6) is 3.66. The van der Waals surface area contributed by atoms with Crippen molar-refractivity contribution in [2.45, 2.75) is 57.7 Å². The molecule has 1 aliphatic heterocycles. The molecule has 1 saturated carbocycles. The summed E-state index contributed by atoms with van der Waals surface area (Å²) in [5.41, 5.74) is 0.313. The first-order valence-corrected chi connectivity index (χ1v) is 7.15. The minimum absolute atomic E-state index is 0.313. The van der Waals surface area contributed by atoms with Crippen LogP contribution in [0.1, 0.15) is 46.0 Å². The van der Waals surface area contributed by atoms with Gasteiger partial charge in [0.05, 0.1) is 11.7 Å². The first kappa shape index (κ1) is 10.8. The fourth-order valence-electron chi connectivity index (χ4n) is 2.48. The third-order valence-electron chi connectivity index (χ3n) is 3.65. The second-order valence-electron chi connectivity index (χ2n) is 4.96. The third kappa shape index (κ3) is 2.46. The molecule has 1 saturated heterocycles. The molecule has 1 aliphatic carbocycles. The van der Waals surface area contributed by atoms with Crippen LogP contribution in [0.15, 0.2) is 0 Å². The molecule has 3 atom stereocenters. The average molecular weight is 214 g/mol. The highest BCUT2D eigenvalue weighted by atomic mass is 32.2. The van der Waals surface area contributed by atoms with Crippen LogP contribution in [0.5, 0.6) is 0 Å². The second kappa shape index (κ2) is 4.44. The van der Waals surface area contributed by atoms with Crippen molar-refractivity contribution in [2.75, 3.05) is 11.5 Å². The molecule has 0 bridgehead atoms. The molecule has 0 aromatic heterocycles. The van der Waals surface area contributed by atoms with Gasteiger partial charge in [-0.3, -0.25) is 0 Å². The van der Waals surface area contributed by atoms with Crippen molar-refractivity contribution in [3.63, 3.8) is 0 Å². The Hall–Kier alpha value is 0.310. The predicted octanol–water partition coefficient (Wildman–Crippen LogP) is 3.48. The van der Waals surface area contributed by atoms with Gasteiger partial charge in [-0.2, -0.15) is 11.8 Å². The maximum Gasteiger partial charge on any atom is 0.0920 e. The topological polar surface area (TPSA) is 12.5 Å². The lowest BCUT2D eigenvalue weighted by molar-refractivity contribution is 0.300. The quantitative estimate of drug-likeness (QED) is 0.513. The van der Waals surface area contributed by atoms with Crippen LogP contribution in [-0.2, 0) is 4.74 Å². The lowest BCUT2D eigenvalue weighted by atomic mass is 9.82. The molecule has 0 radical (unpaired) electrons. The molecule has 2 fully saturated rings. The molecule has 1 nitrogen and oxygen atoms in total. The molecule has 1 heterocycles. The van der Waals surface area contributed by atoms with Crippen LogP contribution in [0.2, 0.25) is 0 Å². The summed E-state index contributed by atoms with van der Waals surface area (Å²) in [6, 6.07) is 0. The monoisotopic (exact) mass is 214 g/mol. The normalized spacial score (nSPS) is 40.7. The molecule has 2 rings (SSSR count). The highest BCUT2D eigenvalue weighted by molar-refractivity contribution is 7.99. The molecule has 0 spiro atoms. The van der Waals surface area contributed by atoms with E-state index >= 15 is 0 Å². The van der Waals surface area contributed by atoms with Gasteiger partial charge in [0.25, 0.3) is 0 Å². The number of hydrogen-bond donors (Lipinski definition) is 0. The Morgan fingerprint density at radius 2 is 2.29 bits per heavy atom. The van der Waals surface area contributed by atoms with Crippen molar-refractivity contribution < 1.29 is 4.74 Å². The molecular formula is C12H22OS. The predicted molar refractivity (Wildman–Crippen MR) is 62.9 cm³/mol. The standard InChI is InChI=1S/C12H22OS/c1-3-7-14-8-5-10-4-6-12(2)11(9-10)13-12/h10-11H,3-9H2,1-2H3. The first-order chi connectivity index (χ1) is 6.74. The van der Waals surface area contributed by atoms with Gasteiger partial charge >= 0.3 is 0 Å². The Morgan fingerprint density at radius 1 is 1.43 bits per heavy atom. The Morgan fingerprint density at radius 3 is 3.00 bits per heavy atom. The Balaban J connectivity index is 1.59. The zero-order valence-corrected chi connectivity index (χ0v) is 10.2. The van der Waals surface area contributed by atoms with Gasteiger partial charge in [0.2, 0.25) is 0 Å². The van der Waals surface area contributed by atoms with Crippen LogP contribution in [0.3, 0.4) is 0 Å². The van der Waals surface area contributed by atoms with Crippen molar-refractivity contribution >= 4 is 11.8 Å². The van der Waals surface area contributed by atoms with Crippen LogP contribution in [0.4, 0.5) is 0 Å². The number of hydrogen-bond acceptors (Lipinski definition) is 2. The van der Waals surface area contributed by atoms with Crippen molar-refractivity contribution in [3.8, 4) is 0 Å². The van der Waals surface area contributed by atoms with Gasteiger partial charge in [-0.15, -0.1) is 0 Å². The fraction of sp³-hybridized carbons (Fsp3) is 1.00. The lowest BCUT2D eigenvalue weighted by Crippen LogP contribution is -2.21. The number of ether oxygens (including phenoxy) is 1. The van der Waals surface area contributed by atoms with Crippen molar-refractivity contribution in [1.29, 1.82) is 0 Å². The van der Waals surface area contributed by atoms with E-state index < -0.39 is 0 Å². The Kier molecular flexibility index (Phi) is 3.43. The van der Waals surface area contributed by atoms with Crippen LogP contribution in [-0.4, -0.2) is 23.2 Å². The summed E-state index contributed by atoms with van der Waals surface area (Å²) in [6.07, 6.45) is 7.40. The van der Waals surface area contributed by atoms with Gasteiger partial charge in [0, 0.05) is 0 Å². The van der Waals surface area contributed by atoms with Gasteiger partial charge in [0.15, 0.2) is 0 Å². The molecule has 82 valence electrons. The van der Waals surface area contributed by atoms with Crippen LogP contribution in [0.25, 0.3) is 0 Å². The van der Waals surface area contributed by atoms with Gasteiger partial charge in [-0.1, -0.05) is 6.92 Å². The van der Waals surface area contributed by atoms with E-state index in [2.05, 4.69) is 25.6 Å². The van der Waals surface area contributed by atoms with Crippen molar-refractivity contribution in [3.05, 3.63) is 0 Å². The SMILES string of the molecule is CCCSCCC1CCC2(C)OC2C1. The zero-order valence-electron chi connectivity index (χ0n) is 9.42. The summed E-state index contributed by atoms with van der Waals surface area (Å²) in [4.78, 5) is 0. The van der Waals surface area contributed by atoms with Gasteiger partial charge in [-0.05, 0) is 56.5 Å². The minimum atomic E-state index is 0.313. The number of rotatable bonds is 5. The van der Waals surface area contributed by atoms with Crippen LogP contribution in [0, 0.1) is 5.92 Å². The maximum absolute atomic E-state index is 5.72. The van der Waals surface area contributed by atoms with E-state index in [0.717, 1.165) is 5.92 Å². The molecule has 0 aromatic rings. The number of thioether (sulfide) groups is 1. The number of epoxide rings is 1. The molecule has 0 aromatic carbocycles. The molecule has 2 aliphatic rings. The summed E-state index contributed by atoms with van der Waals surface area (Å²) >= 11 is 2.12. The highest BCUT2D eigenvalue weighted by Crippen LogP contribution is 2.49. The van der Waals surface area contributed by atoms with Crippen LogP contribution >= 0.6 is 11.8 Å². The van der Waals surface area contributed by atoms with Gasteiger partial charge in [0.1, 0.15) is 0 Å². The molecule has 14 heavy (non-hydrogen) atoms. The zero-order chi connectivity index (χ0) is 10.0. The molecular weight excluding hydrogens is 192 g/mol. The average Bonchev–Trinajstić information content (AvgIpc) is 2.84. The molecule has 3 unspecified atom stereocenters. The summed E-state index contributed by atoms with van der Waals surface area (Å²) in [7, 11) is 0. The van der Waals surface area contributed by atoms with E-state index in [9.17, 15) is 0 Å². The van der Waals surface area contributed by atoms with Gasteiger partial charge < -0.3 is 4.74 Å². The van der Waals surface area contributed by atoms with E-state index in [4.69, 9.17) is 4.74 Å². The highest BCUT2D eigenvalue weighted by Gasteiger charge is 2.54. The lowest BCUT2D eigenvalue weighted by Gasteiger charge is -2.21. The second-order valence-corrected chi connectivity index (χ2v) is 6.19. The summed E-state index contributed by atoms with van der Waals surface area (Å²) in [6.45, 7) is 4.54. The van der Waals surface area contributed by atoms with Gasteiger partial charge in [-0.25, -0.2) is 0 Å². The van der Waals surface area contributed by atoms with E-state index in [-0.39, 0.29) is 0 Å². The minimum Gasteiger partial charge on any atom is -0.366 e. The number of fused-ring (bicyclic) bond motifs is 1. The largest absolute Gasteiger partial charge is 0.366 e. The fourth-order valence-corrected chi connectivity index (χ4v) is 3.47. The molecule has 2 heteroatoms. The van der Waals surface area contributed by atoms with Crippen molar-refractivity contribution in [2.24, 2.45) is 5.92 Å². The van der Waals surface area contributed by atoms with E-state index in [0.29, 0.717) is 11.7 Å². The smallest absolute Gasteiger partial charge is 0.0920 e. The molecule has 0 N–H and O–H groups in total. The summed E-state index contributed by atoms with van der Waals surface area (Å²) in [5, 5.41) is 0. The first-order valence-electron chi connectivity index (χ1n) is 6.00. The van der Waals surface area contributed by atoms with Crippen molar-refractivity contribution in [1.82, 2.24) is 0 Å². The maximum atomic E-state index is 5.72. The van der Waals surface area contributed by atoms with E-state index in [1.165, 1.54) is 43.6 Å². The molecule has 0 amide bonds. The van der Waals surface area contributed by atoms with E-state index in [1.807, 2.05) is 0 Å². The third-order valence-corrected chi connectivity index (χ3v) is 4.87. The Bertz CT molecular complexity index is 195. The van der Waals surface area contributed by atoms with E-state index in [1.54, 1.807) is 0 Å².